The molecule has 1 saturated carbocycles. The van der Waals surface area contributed by atoms with E-state index in [0.717, 1.165) is 76.7 Å². The Morgan fingerprint density at radius 1 is 1.30 bits per heavy atom. The van der Waals surface area contributed by atoms with E-state index in [1.165, 1.54) is 0 Å². The van der Waals surface area contributed by atoms with Crippen LogP contribution in [0.5, 0.6) is 0 Å². The van der Waals surface area contributed by atoms with Crippen molar-refractivity contribution in [3.63, 3.8) is 0 Å². The number of piperidine rings is 1. The summed E-state index contributed by atoms with van der Waals surface area (Å²) < 4.78 is 0. The van der Waals surface area contributed by atoms with Crippen molar-refractivity contribution in [1.82, 2.24) is 4.90 Å². The lowest BCUT2D eigenvalue weighted by Gasteiger charge is -2.37. The summed E-state index contributed by atoms with van der Waals surface area (Å²) in [6.45, 7) is 2.60. The normalized spacial score (nSPS) is 25.7. The molecule has 0 radical (unpaired) electrons. The van der Waals surface area contributed by atoms with Gasteiger partial charge in [-0.15, -0.1) is 0 Å². The Labute approximate surface area is 166 Å². The number of aliphatic hydroxyl groups is 1. The maximum Gasteiger partial charge on any atom is 0.209 e. The summed E-state index contributed by atoms with van der Waals surface area (Å²) in [5.74, 6) is 0.501. The number of aliphatic hydroxyl groups excluding tert-OH is 1. The van der Waals surface area contributed by atoms with E-state index in [-0.39, 0.29) is 12.1 Å². The van der Waals surface area contributed by atoms with Crippen LogP contribution in [-0.4, -0.2) is 48.2 Å². The molecule has 1 aromatic rings. The topological polar surface area (TPSA) is 67.6 Å². The lowest BCUT2D eigenvalue weighted by Crippen LogP contribution is -2.41. The standard InChI is InChI=1S/C21H28ClN3O2/c22-18-4-3-17(13-23)21(12-18)24-10-1-2-16(14-24)9-11-25(15-26)19-5-7-20(27)8-6-19/h3-4,12,15-16,19-20,27H,1-2,5-11,14H2. The lowest BCUT2D eigenvalue weighted by atomic mass is 9.90. The number of halogens is 1. The molecule has 3 rings (SSSR count). The fourth-order valence-electron chi connectivity index (χ4n) is 4.42. The average Bonchev–Trinajstić information content (AvgIpc) is 2.70. The van der Waals surface area contributed by atoms with Gasteiger partial charge in [0.05, 0.1) is 17.4 Å². The third-order valence-electron chi connectivity index (χ3n) is 6.01. The maximum atomic E-state index is 11.6. The van der Waals surface area contributed by atoms with Crippen LogP contribution in [0.1, 0.15) is 50.5 Å². The molecular weight excluding hydrogens is 362 g/mol. The number of benzene rings is 1. The van der Waals surface area contributed by atoms with E-state index >= 15 is 0 Å². The van der Waals surface area contributed by atoms with Crippen molar-refractivity contribution >= 4 is 23.7 Å². The molecule has 1 aliphatic heterocycles. The van der Waals surface area contributed by atoms with Crippen LogP contribution >= 0.6 is 11.6 Å². The van der Waals surface area contributed by atoms with Gasteiger partial charge in [0.1, 0.15) is 6.07 Å². The Bertz CT molecular complexity index is 682. The van der Waals surface area contributed by atoms with Gasteiger partial charge in [0.25, 0.3) is 0 Å². The Morgan fingerprint density at radius 3 is 2.78 bits per heavy atom. The zero-order valence-electron chi connectivity index (χ0n) is 15.7. The van der Waals surface area contributed by atoms with Crippen molar-refractivity contribution in [2.75, 3.05) is 24.5 Å². The van der Waals surface area contributed by atoms with Gasteiger partial charge in [0, 0.05) is 30.7 Å². The number of carbonyl (C=O) groups excluding carboxylic acids is 1. The van der Waals surface area contributed by atoms with Crippen LogP contribution in [0.4, 0.5) is 5.69 Å². The van der Waals surface area contributed by atoms with Crippen LogP contribution in [-0.2, 0) is 4.79 Å². The molecule has 0 spiro atoms. The fourth-order valence-corrected chi connectivity index (χ4v) is 4.59. The molecule has 1 aromatic carbocycles. The molecule has 27 heavy (non-hydrogen) atoms. The van der Waals surface area contributed by atoms with Crippen molar-refractivity contribution < 1.29 is 9.90 Å². The first kappa shape index (κ1) is 20.0. The summed E-state index contributed by atoms with van der Waals surface area (Å²) >= 11 is 6.15. The molecule has 6 heteroatoms. The molecule has 0 aromatic heterocycles. The zero-order chi connectivity index (χ0) is 19.2. The summed E-state index contributed by atoms with van der Waals surface area (Å²) in [5, 5.41) is 19.7. The van der Waals surface area contributed by atoms with Crippen LogP contribution in [0, 0.1) is 17.2 Å². The second kappa shape index (κ2) is 9.43. The molecule has 1 atom stereocenters. The summed E-state index contributed by atoms with van der Waals surface area (Å²) in [6.07, 6.45) is 7.34. The molecule has 2 aliphatic rings. The third kappa shape index (κ3) is 5.15. The number of rotatable bonds is 6. The second-order valence-corrected chi connectivity index (χ2v) is 8.26. The Morgan fingerprint density at radius 2 is 2.07 bits per heavy atom. The van der Waals surface area contributed by atoms with E-state index in [2.05, 4.69) is 11.0 Å². The number of hydrogen-bond acceptors (Lipinski definition) is 4. The van der Waals surface area contributed by atoms with E-state index in [0.29, 0.717) is 16.5 Å². The number of amides is 1. The smallest absolute Gasteiger partial charge is 0.209 e. The predicted octanol–water partition coefficient (Wildman–Crippen LogP) is 3.58. The molecule has 1 saturated heterocycles. The van der Waals surface area contributed by atoms with Crippen molar-refractivity contribution in [1.29, 1.82) is 5.26 Å². The highest BCUT2D eigenvalue weighted by molar-refractivity contribution is 6.30. The fraction of sp³-hybridized carbons (Fsp3) is 0.619. The Hall–Kier alpha value is -1.77. The van der Waals surface area contributed by atoms with Crippen LogP contribution in [0.3, 0.4) is 0 Å². The van der Waals surface area contributed by atoms with Gasteiger partial charge in [-0.05, 0) is 69.1 Å². The molecule has 5 nitrogen and oxygen atoms in total. The van der Waals surface area contributed by atoms with Gasteiger partial charge >= 0.3 is 0 Å². The molecule has 0 bridgehead atoms. The third-order valence-corrected chi connectivity index (χ3v) is 6.24. The van der Waals surface area contributed by atoms with E-state index in [4.69, 9.17) is 11.6 Å². The van der Waals surface area contributed by atoms with Gasteiger partial charge in [-0.3, -0.25) is 4.79 Å². The Kier molecular flexibility index (Phi) is 6.98. The van der Waals surface area contributed by atoms with Gasteiger partial charge in [0.15, 0.2) is 0 Å². The van der Waals surface area contributed by atoms with Crippen LogP contribution in [0.15, 0.2) is 18.2 Å². The number of anilines is 1. The molecule has 1 amide bonds. The van der Waals surface area contributed by atoms with Crippen LogP contribution < -0.4 is 4.90 Å². The first-order chi connectivity index (χ1) is 13.1. The van der Waals surface area contributed by atoms with Gasteiger partial charge in [-0.1, -0.05) is 11.6 Å². The maximum absolute atomic E-state index is 11.6. The molecule has 146 valence electrons. The van der Waals surface area contributed by atoms with Crippen LogP contribution in [0.2, 0.25) is 5.02 Å². The number of nitriles is 1. The molecule has 1 unspecified atom stereocenters. The first-order valence-corrected chi connectivity index (χ1v) is 10.3. The summed E-state index contributed by atoms with van der Waals surface area (Å²) in [7, 11) is 0. The first-order valence-electron chi connectivity index (χ1n) is 9.94. The summed E-state index contributed by atoms with van der Waals surface area (Å²) in [4.78, 5) is 15.8. The Balaban J connectivity index is 1.58. The van der Waals surface area contributed by atoms with Gasteiger partial charge in [0.2, 0.25) is 6.41 Å². The second-order valence-electron chi connectivity index (χ2n) is 7.82. The van der Waals surface area contributed by atoms with Gasteiger partial charge in [-0.25, -0.2) is 0 Å². The zero-order valence-corrected chi connectivity index (χ0v) is 16.4. The molecular formula is C21H28ClN3O2. The van der Waals surface area contributed by atoms with Crippen molar-refractivity contribution in [3.8, 4) is 6.07 Å². The quantitative estimate of drug-likeness (QED) is 0.755. The number of nitrogens with zero attached hydrogens (tertiary/aromatic N) is 3. The SMILES string of the molecule is N#Cc1ccc(Cl)cc1N1CCCC(CCN(C=O)C2CCC(O)CC2)C1. The average molecular weight is 390 g/mol. The minimum Gasteiger partial charge on any atom is -0.393 e. The van der Waals surface area contributed by atoms with Crippen molar-refractivity contribution in [3.05, 3.63) is 28.8 Å². The van der Waals surface area contributed by atoms with Crippen molar-refractivity contribution in [2.45, 2.75) is 57.1 Å². The minimum atomic E-state index is -0.200. The van der Waals surface area contributed by atoms with E-state index < -0.39 is 0 Å². The van der Waals surface area contributed by atoms with E-state index in [9.17, 15) is 15.2 Å². The largest absolute Gasteiger partial charge is 0.393 e. The summed E-state index contributed by atoms with van der Waals surface area (Å²) in [5.41, 5.74) is 1.58. The van der Waals surface area contributed by atoms with E-state index in [1.807, 2.05) is 11.0 Å². The highest BCUT2D eigenvalue weighted by Crippen LogP contribution is 2.30. The van der Waals surface area contributed by atoms with Crippen LogP contribution in [0.25, 0.3) is 0 Å². The monoisotopic (exact) mass is 389 g/mol. The van der Waals surface area contributed by atoms with Gasteiger partial charge < -0.3 is 14.9 Å². The highest BCUT2D eigenvalue weighted by atomic mass is 35.5. The lowest BCUT2D eigenvalue weighted by molar-refractivity contribution is -0.121. The number of carbonyl (C=O) groups is 1. The van der Waals surface area contributed by atoms with Gasteiger partial charge in [-0.2, -0.15) is 5.26 Å². The molecule has 1 aliphatic carbocycles. The van der Waals surface area contributed by atoms with E-state index in [1.54, 1.807) is 12.1 Å². The number of hydrogen-bond donors (Lipinski definition) is 1. The minimum absolute atomic E-state index is 0.200. The summed E-state index contributed by atoms with van der Waals surface area (Å²) in [6, 6.07) is 7.96. The molecule has 1 heterocycles. The highest BCUT2D eigenvalue weighted by Gasteiger charge is 2.26. The van der Waals surface area contributed by atoms with Crippen molar-refractivity contribution in [2.24, 2.45) is 5.92 Å². The predicted molar refractivity (Wildman–Crippen MR) is 107 cm³/mol. The molecule has 2 fully saturated rings. The molecule has 1 N–H and O–H groups in total.